The van der Waals surface area contributed by atoms with Crippen LogP contribution in [0.25, 0.3) is 0 Å². The molecule has 1 amide bonds. The molecule has 118 valence electrons. The van der Waals surface area contributed by atoms with E-state index in [2.05, 4.69) is 32.2 Å². The number of hydrogen-bond donors (Lipinski definition) is 1. The number of rotatable bonds is 2. The fourth-order valence-electron chi connectivity index (χ4n) is 2.44. The lowest BCUT2D eigenvalue weighted by Gasteiger charge is -2.23. The lowest BCUT2D eigenvalue weighted by atomic mass is 10.2. The van der Waals surface area contributed by atoms with Crippen molar-refractivity contribution in [3.05, 3.63) is 28.2 Å². The maximum atomic E-state index is 11.8. The average Bonchev–Trinajstić information content (AvgIpc) is 2.84. The van der Waals surface area contributed by atoms with Crippen molar-refractivity contribution >= 4 is 27.7 Å². The first-order valence-corrected chi connectivity index (χ1v) is 8.02. The van der Waals surface area contributed by atoms with Gasteiger partial charge >= 0.3 is 6.09 Å². The summed E-state index contributed by atoms with van der Waals surface area (Å²) in [5, 5.41) is 12.1. The van der Waals surface area contributed by atoms with Crippen molar-refractivity contribution in [3.8, 4) is 6.07 Å². The zero-order chi connectivity index (χ0) is 16.3. The molecule has 1 unspecified atom stereocenters. The van der Waals surface area contributed by atoms with E-state index >= 15 is 0 Å². The topological polar surface area (TPSA) is 65.4 Å². The summed E-state index contributed by atoms with van der Waals surface area (Å²) in [6, 6.07) is 7.91. The summed E-state index contributed by atoms with van der Waals surface area (Å²) >= 11 is 3.37. The molecular weight excluding hydrogens is 346 g/mol. The molecule has 1 N–H and O–H groups in total. The quantitative estimate of drug-likeness (QED) is 0.871. The summed E-state index contributed by atoms with van der Waals surface area (Å²) in [7, 11) is 0. The van der Waals surface area contributed by atoms with Crippen molar-refractivity contribution in [3.63, 3.8) is 0 Å². The van der Waals surface area contributed by atoms with Crippen LogP contribution >= 0.6 is 15.9 Å². The van der Waals surface area contributed by atoms with E-state index in [1.807, 2.05) is 39.0 Å². The molecule has 1 aliphatic heterocycles. The molecule has 5 nitrogen and oxygen atoms in total. The van der Waals surface area contributed by atoms with Gasteiger partial charge in [0.25, 0.3) is 0 Å². The Bertz CT molecular complexity index is 604. The van der Waals surface area contributed by atoms with Gasteiger partial charge in [0.15, 0.2) is 0 Å². The van der Waals surface area contributed by atoms with E-state index in [0.29, 0.717) is 12.1 Å². The van der Waals surface area contributed by atoms with E-state index in [0.717, 1.165) is 23.1 Å². The highest BCUT2D eigenvalue weighted by atomic mass is 79.9. The Kier molecular flexibility index (Phi) is 4.97. The Morgan fingerprint density at radius 1 is 1.50 bits per heavy atom. The number of alkyl carbamates (subject to hydrolysis) is 1. The van der Waals surface area contributed by atoms with E-state index in [9.17, 15) is 10.1 Å². The lowest BCUT2D eigenvalue weighted by molar-refractivity contribution is 0.0509. The summed E-state index contributed by atoms with van der Waals surface area (Å²) in [4.78, 5) is 13.9. The Morgan fingerprint density at radius 3 is 2.86 bits per heavy atom. The number of ether oxygens (including phenoxy) is 1. The number of halogens is 1. The van der Waals surface area contributed by atoms with E-state index in [1.165, 1.54) is 0 Å². The van der Waals surface area contributed by atoms with Gasteiger partial charge in [0.05, 0.1) is 17.3 Å². The van der Waals surface area contributed by atoms with Crippen LogP contribution in [0.1, 0.15) is 32.8 Å². The summed E-state index contributed by atoms with van der Waals surface area (Å²) in [6.45, 7) is 7.00. The number of benzene rings is 1. The summed E-state index contributed by atoms with van der Waals surface area (Å²) in [5.74, 6) is 0. The molecule has 0 aliphatic carbocycles. The minimum absolute atomic E-state index is 0.0324. The third-order valence-corrected chi connectivity index (χ3v) is 3.82. The molecule has 1 aromatic carbocycles. The molecule has 1 saturated heterocycles. The van der Waals surface area contributed by atoms with Crippen molar-refractivity contribution in [2.75, 3.05) is 18.0 Å². The molecule has 1 heterocycles. The summed E-state index contributed by atoms with van der Waals surface area (Å²) < 4.78 is 6.16. The highest BCUT2D eigenvalue weighted by Crippen LogP contribution is 2.27. The maximum Gasteiger partial charge on any atom is 0.407 e. The van der Waals surface area contributed by atoms with Crippen molar-refractivity contribution in [1.82, 2.24) is 5.32 Å². The van der Waals surface area contributed by atoms with Gasteiger partial charge < -0.3 is 15.0 Å². The predicted molar refractivity (Wildman–Crippen MR) is 88.8 cm³/mol. The van der Waals surface area contributed by atoms with E-state index in [1.54, 1.807) is 0 Å². The second-order valence-corrected chi connectivity index (χ2v) is 7.27. The fraction of sp³-hybridized carbons (Fsp3) is 0.500. The minimum atomic E-state index is -0.498. The van der Waals surface area contributed by atoms with Gasteiger partial charge in [0, 0.05) is 17.6 Å². The molecule has 6 heteroatoms. The van der Waals surface area contributed by atoms with Crippen molar-refractivity contribution in [2.24, 2.45) is 0 Å². The van der Waals surface area contributed by atoms with Gasteiger partial charge in [-0.3, -0.25) is 0 Å². The Hall–Kier alpha value is -1.74. The first-order chi connectivity index (χ1) is 10.3. The van der Waals surface area contributed by atoms with Gasteiger partial charge in [-0.05, 0) is 45.4 Å². The largest absolute Gasteiger partial charge is 0.444 e. The number of carbonyl (C=O) groups is 1. The molecule has 1 aliphatic rings. The zero-order valence-corrected chi connectivity index (χ0v) is 14.6. The number of anilines is 1. The Morgan fingerprint density at radius 2 is 2.23 bits per heavy atom. The molecule has 0 spiro atoms. The smallest absolute Gasteiger partial charge is 0.407 e. The lowest BCUT2D eigenvalue weighted by Crippen LogP contribution is -2.40. The van der Waals surface area contributed by atoms with Crippen LogP contribution in [0.5, 0.6) is 0 Å². The number of amides is 1. The van der Waals surface area contributed by atoms with E-state index < -0.39 is 11.7 Å². The van der Waals surface area contributed by atoms with Crippen LogP contribution in [-0.2, 0) is 4.74 Å². The number of carbonyl (C=O) groups excluding carboxylic acids is 1. The summed E-state index contributed by atoms with van der Waals surface area (Å²) in [6.07, 6.45) is 0.441. The molecule has 0 radical (unpaired) electrons. The molecule has 22 heavy (non-hydrogen) atoms. The third-order valence-electron chi connectivity index (χ3n) is 3.33. The van der Waals surface area contributed by atoms with E-state index in [-0.39, 0.29) is 6.04 Å². The predicted octanol–water partition coefficient (Wildman–Crippen LogP) is 3.42. The van der Waals surface area contributed by atoms with Crippen LogP contribution in [-0.4, -0.2) is 30.8 Å². The average molecular weight is 366 g/mol. The molecule has 1 aromatic rings. The van der Waals surface area contributed by atoms with Crippen LogP contribution in [0, 0.1) is 11.3 Å². The first-order valence-electron chi connectivity index (χ1n) is 7.22. The van der Waals surface area contributed by atoms with Crippen molar-refractivity contribution in [1.29, 1.82) is 5.26 Å². The maximum absolute atomic E-state index is 11.8. The second kappa shape index (κ2) is 6.57. The molecular formula is C16H20BrN3O2. The number of hydrogen-bond acceptors (Lipinski definition) is 4. The Balaban J connectivity index is 1.99. The van der Waals surface area contributed by atoms with Crippen molar-refractivity contribution < 1.29 is 9.53 Å². The molecule has 0 saturated carbocycles. The number of nitrogens with one attached hydrogen (secondary N) is 1. The molecule has 0 aromatic heterocycles. The Labute approximate surface area is 139 Å². The highest BCUT2D eigenvalue weighted by Gasteiger charge is 2.27. The van der Waals surface area contributed by atoms with Gasteiger partial charge in [-0.1, -0.05) is 15.9 Å². The van der Waals surface area contributed by atoms with Gasteiger partial charge in [-0.25, -0.2) is 4.79 Å². The van der Waals surface area contributed by atoms with E-state index in [4.69, 9.17) is 4.74 Å². The minimum Gasteiger partial charge on any atom is -0.444 e. The van der Waals surface area contributed by atoms with Gasteiger partial charge in [0.2, 0.25) is 0 Å². The van der Waals surface area contributed by atoms with Crippen LogP contribution in [0.2, 0.25) is 0 Å². The second-order valence-electron chi connectivity index (χ2n) is 6.35. The van der Waals surface area contributed by atoms with Crippen LogP contribution in [0.15, 0.2) is 22.7 Å². The standard InChI is InChI=1S/C16H20BrN3O2/c1-16(2,3)22-15(21)19-13-6-7-20(10-13)14-5-4-12(17)8-11(14)9-18/h4-5,8,13H,6-7,10H2,1-3H3,(H,19,21). The van der Waals surface area contributed by atoms with Crippen LogP contribution < -0.4 is 10.2 Å². The normalized spacial score (nSPS) is 18.0. The first kappa shape index (κ1) is 16.6. The van der Waals surface area contributed by atoms with Gasteiger partial charge in [-0.15, -0.1) is 0 Å². The monoisotopic (exact) mass is 365 g/mol. The SMILES string of the molecule is CC(C)(C)OC(=O)NC1CCN(c2ccc(Br)cc2C#N)C1. The molecule has 2 rings (SSSR count). The zero-order valence-electron chi connectivity index (χ0n) is 13.0. The third kappa shape index (κ3) is 4.38. The number of nitriles is 1. The van der Waals surface area contributed by atoms with Crippen LogP contribution in [0.4, 0.5) is 10.5 Å². The highest BCUT2D eigenvalue weighted by molar-refractivity contribution is 9.10. The fourth-order valence-corrected chi connectivity index (χ4v) is 2.81. The van der Waals surface area contributed by atoms with Crippen molar-refractivity contribution in [2.45, 2.75) is 38.8 Å². The van der Waals surface area contributed by atoms with Gasteiger partial charge in [0.1, 0.15) is 11.7 Å². The summed E-state index contributed by atoms with van der Waals surface area (Å²) in [5.41, 5.74) is 1.04. The molecule has 1 fully saturated rings. The molecule has 1 atom stereocenters. The van der Waals surface area contributed by atoms with Crippen LogP contribution in [0.3, 0.4) is 0 Å². The van der Waals surface area contributed by atoms with Gasteiger partial charge in [-0.2, -0.15) is 5.26 Å². The molecule has 0 bridgehead atoms. The number of nitrogens with zero attached hydrogens (tertiary/aromatic N) is 2.